The molecular formula is C15H23NO2S. The Balaban J connectivity index is 2.18. The van der Waals surface area contributed by atoms with Crippen LogP contribution < -0.4 is 10.5 Å². The maximum absolute atomic E-state index is 12.7. The van der Waals surface area contributed by atoms with Gasteiger partial charge in [0.1, 0.15) is 5.75 Å². The van der Waals surface area contributed by atoms with Gasteiger partial charge in [0, 0.05) is 10.9 Å². The van der Waals surface area contributed by atoms with Crippen LogP contribution in [0.5, 0.6) is 5.75 Å². The summed E-state index contributed by atoms with van der Waals surface area (Å²) >= 11 is 0. The van der Waals surface area contributed by atoms with E-state index in [1.807, 2.05) is 12.1 Å². The number of nitrogen functional groups attached to an aromatic ring is 1. The average Bonchev–Trinajstić information content (AvgIpc) is 2.47. The molecule has 106 valence electrons. The zero-order valence-corrected chi connectivity index (χ0v) is 12.5. The molecule has 1 aromatic rings. The molecule has 0 aromatic heterocycles. The smallest absolute Gasteiger partial charge is 0.120 e. The second-order valence-corrected chi connectivity index (χ2v) is 6.97. The molecule has 0 saturated heterocycles. The van der Waals surface area contributed by atoms with Crippen molar-refractivity contribution < 1.29 is 8.95 Å². The number of methoxy groups -OCH3 is 1. The topological polar surface area (TPSA) is 52.3 Å². The molecule has 3 atom stereocenters. The molecule has 0 aliphatic heterocycles. The van der Waals surface area contributed by atoms with Crippen molar-refractivity contribution in [3.63, 3.8) is 0 Å². The summed E-state index contributed by atoms with van der Waals surface area (Å²) in [6, 6.07) is 5.42. The number of hydrogen-bond acceptors (Lipinski definition) is 3. The molecule has 3 nitrogen and oxygen atoms in total. The second kappa shape index (κ2) is 6.42. The first-order chi connectivity index (χ1) is 9.15. The van der Waals surface area contributed by atoms with E-state index < -0.39 is 10.8 Å². The molecule has 19 heavy (non-hydrogen) atoms. The molecule has 1 saturated carbocycles. The van der Waals surface area contributed by atoms with Gasteiger partial charge in [-0.15, -0.1) is 0 Å². The fourth-order valence-corrected chi connectivity index (χ4v) is 4.52. The Bertz CT molecular complexity index is 461. The normalized spacial score (nSPS) is 24.9. The first-order valence-electron chi connectivity index (χ1n) is 6.99. The van der Waals surface area contributed by atoms with Gasteiger partial charge in [-0.1, -0.05) is 26.2 Å². The zero-order valence-electron chi connectivity index (χ0n) is 11.7. The molecule has 0 spiro atoms. The van der Waals surface area contributed by atoms with E-state index in [9.17, 15) is 4.21 Å². The second-order valence-electron chi connectivity index (χ2n) is 5.26. The Morgan fingerprint density at radius 3 is 2.89 bits per heavy atom. The van der Waals surface area contributed by atoms with Crippen LogP contribution in [0.1, 0.15) is 39.0 Å². The van der Waals surface area contributed by atoms with E-state index in [4.69, 9.17) is 10.5 Å². The number of rotatable bonds is 4. The zero-order chi connectivity index (χ0) is 13.8. The lowest BCUT2D eigenvalue weighted by Gasteiger charge is -2.28. The first kappa shape index (κ1) is 14.4. The minimum atomic E-state index is -1.02. The van der Waals surface area contributed by atoms with Crippen molar-refractivity contribution in [1.82, 2.24) is 0 Å². The van der Waals surface area contributed by atoms with E-state index in [0.29, 0.717) is 5.69 Å². The minimum Gasteiger partial charge on any atom is -0.497 e. The third-order valence-corrected chi connectivity index (χ3v) is 5.87. The van der Waals surface area contributed by atoms with Crippen LogP contribution in [0.2, 0.25) is 0 Å². The Kier molecular flexibility index (Phi) is 4.86. The van der Waals surface area contributed by atoms with Crippen LogP contribution in [0.15, 0.2) is 23.1 Å². The Labute approximate surface area is 118 Å². The molecule has 3 unspecified atom stereocenters. The predicted molar refractivity (Wildman–Crippen MR) is 79.9 cm³/mol. The summed E-state index contributed by atoms with van der Waals surface area (Å²) < 4.78 is 17.9. The molecule has 0 heterocycles. The van der Waals surface area contributed by atoms with Gasteiger partial charge in [-0.2, -0.15) is 0 Å². The van der Waals surface area contributed by atoms with Crippen LogP contribution in [0.25, 0.3) is 0 Å². The van der Waals surface area contributed by atoms with Gasteiger partial charge < -0.3 is 10.5 Å². The molecule has 2 N–H and O–H groups in total. The van der Waals surface area contributed by atoms with Crippen molar-refractivity contribution in [1.29, 1.82) is 0 Å². The summed E-state index contributed by atoms with van der Waals surface area (Å²) in [5.41, 5.74) is 6.58. The molecule has 1 aliphatic carbocycles. The first-order valence-corrected chi connectivity index (χ1v) is 8.21. The molecule has 0 bridgehead atoms. The summed E-state index contributed by atoms with van der Waals surface area (Å²) in [5, 5.41) is 0.244. The Morgan fingerprint density at radius 1 is 1.42 bits per heavy atom. The molecule has 1 aliphatic rings. The van der Waals surface area contributed by atoms with Crippen molar-refractivity contribution >= 4 is 16.5 Å². The number of ether oxygens (including phenoxy) is 1. The molecular weight excluding hydrogens is 258 g/mol. The average molecular weight is 281 g/mol. The standard InChI is InChI=1S/C15H23NO2S/c1-3-11-5-4-6-13(9-11)19(17)15-10-12(18-2)7-8-14(15)16/h7-8,10-11,13H,3-6,9,16H2,1-2H3. The highest BCUT2D eigenvalue weighted by Gasteiger charge is 2.27. The predicted octanol–water partition coefficient (Wildman–Crippen LogP) is 3.35. The van der Waals surface area contributed by atoms with Crippen LogP contribution in [0, 0.1) is 5.92 Å². The van der Waals surface area contributed by atoms with Gasteiger partial charge in [0.05, 0.1) is 22.8 Å². The Morgan fingerprint density at radius 2 is 2.21 bits per heavy atom. The molecule has 0 radical (unpaired) electrons. The van der Waals surface area contributed by atoms with Gasteiger partial charge in [-0.25, -0.2) is 0 Å². The monoisotopic (exact) mass is 281 g/mol. The molecule has 1 aromatic carbocycles. The van der Waals surface area contributed by atoms with Crippen molar-refractivity contribution in [3.05, 3.63) is 18.2 Å². The van der Waals surface area contributed by atoms with Crippen LogP contribution >= 0.6 is 0 Å². The van der Waals surface area contributed by atoms with E-state index in [0.717, 1.165) is 29.4 Å². The van der Waals surface area contributed by atoms with Gasteiger partial charge in [0.25, 0.3) is 0 Å². The SMILES string of the molecule is CCC1CCCC(S(=O)c2cc(OC)ccc2N)C1. The third kappa shape index (κ3) is 3.30. The summed E-state index contributed by atoms with van der Waals surface area (Å²) in [4.78, 5) is 0.737. The number of anilines is 1. The van der Waals surface area contributed by atoms with E-state index in [1.54, 1.807) is 13.2 Å². The van der Waals surface area contributed by atoms with Crippen LogP contribution in [-0.4, -0.2) is 16.6 Å². The maximum atomic E-state index is 12.7. The van der Waals surface area contributed by atoms with Gasteiger partial charge in [0.15, 0.2) is 0 Å². The molecule has 4 heteroatoms. The summed E-state index contributed by atoms with van der Waals surface area (Å²) in [5.74, 6) is 1.44. The number of hydrogen-bond donors (Lipinski definition) is 1. The highest BCUT2D eigenvalue weighted by molar-refractivity contribution is 7.85. The van der Waals surface area contributed by atoms with E-state index in [-0.39, 0.29) is 5.25 Å². The lowest BCUT2D eigenvalue weighted by Crippen LogP contribution is -2.24. The van der Waals surface area contributed by atoms with Gasteiger partial charge in [-0.05, 0) is 37.0 Å². The summed E-state index contributed by atoms with van der Waals surface area (Å²) in [7, 11) is 0.596. The van der Waals surface area contributed by atoms with Gasteiger partial charge >= 0.3 is 0 Å². The Hall–Kier alpha value is -1.03. The molecule has 2 rings (SSSR count). The highest BCUT2D eigenvalue weighted by Crippen LogP contribution is 2.34. The quantitative estimate of drug-likeness (QED) is 0.861. The van der Waals surface area contributed by atoms with Crippen molar-refractivity contribution in [2.75, 3.05) is 12.8 Å². The van der Waals surface area contributed by atoms with Gasteiger partial charge in [0.2, 0.25) is 0 Å². The lowest BCUT2D eigenvalue weighted by molar-refractivity contribution is 0.353. The van der Waals surface area contributed by atoms with Gasteiger partial charge in [-0.3, -0.25) is 4.21 Å². The van der Waals surface area contributed by atoms with Crippen molar-refractivity contribution in [3.8, 4) is 5.75 Å². The number of nitrogens with two attached hydrogens (primary N) is 1. The highest BCUT2D eigenvalue weighted by atomic mass is 32.2. The molecule has 0 amide bonds. The van der Waals surface area contributed by atoms with Crippen LogP contribution in [0.4, 0.5) is 5.69 Å². The number of benzene rings is 1. The van der Waals surface area contributed by atoms with Crippen molar-refractivity contribution in [2.24, 2.45) is 5.92 Å². The fourth-order valence-electron chi connectivity index (χ4n) is 2.80. The van der Waals surface area contributed by atoms with Crippen LogP contribution in [0.3, 0.4) is 0 Å². The summed E-state index contributed by atoms with van der Waals surface area (Å²) in [6.45, 7) is 2.22. The van der Waals surface area contributed by atoms with Crippen molar-refractivity contribution in [2.45, 2.75) is 49.2 Å². The fraction of sp³-hybridized carbons (Fsp3) is 0.600. The minimum absolute atomic E-state index is 0.244. The lowest BCUT2D eigenvalue weighted by atomic mass is 9.87. The van der Waals surface area contributed by atoms with E-state index in [1.165, 1.54) is 19.3 Å². The van der Waals surface area contributed by atoms with E-state index >= 15 is 0 Å². The van der Waals surface area contributed by atoms with E-state index in [2.05, 4.69) is 6.92 Å². The van der Waals surface area contributed by atoms with Crippen LogP contribution in [-0.2, 0) is 10.8 Å². The largest absolute Gasteiger partial charge is 0.497 e. The maximum Gasteiger partial charge on any atom is 0.120 e. The third-order valence-electron chi connectivity index (χ3n) is 4.05. The molecule has 1 fully saturated rings. The summed E-state index contributed by atoms with van der Waals surface area (Å²) in [6.07, 6.45) is 5.73.